The summed E-state index contributed by atoms with van der Waals surface area (Å²) in [4.78, 5) is 21.4. The molecule has 3 nitrogen and oxygen atoms in total. The summed E-state index contributed by atoms with van der Waals surface area (Å²) in [7, 11) is 0. The normalized spacial score (nSPS) is 9.42. The van der Waals surface area contributed by atoms with Crippen LogP contribution in [-0.4, -0.2) is 12.1 Å². The van der Waals surface area contributed by atoms with Gasteiger partial charge in [0.2, 0.25) is 5.78 Å². The molecule has 1 rings (SSSR count). The van der Waals surface area contributed by atoms with Crippen molar-refractivity contribution in [3.8, 4) is 0 Å². The Morgan fingerprint density at radius 3 is 2.67 bits per heavy atom. The molecule has 0 bridgehead atoms. The number of rotatable bonds is 2. The Labute approximate surface area is 75.0 Å². The number of nitrogen functional groups attached to an aromatic ring is 1. The summed E-state index contributed by atoms with van der Waals surface area (Å²) in [6.07, 6.45) is 0.255. The first-order chi connectivity index (χ1) is 5.65. The van der Waals surface area contributed by atoms with E-state index in [0.717, 1.165) is 0 Å². The Morgan fingerprint density at radius 2 is 2.17 bits per heavy atom. The van der Waals surface area contributed by atoms with Gasteiger partial charge in [-0.2, -0.15) is 0 Å². The molecule has 0 fully saturated rings. The van der Waals surface area contributed by atoms with Crippen molar-refractivity contribution in [2.24, 2.45) is 0 Å². The van der Waals surface area contributed by atoms with Crippen LogP contribution in [0.4, 0.5) is 5.69 Å². The third-order valence-electron chi connectivity index (χ3n) is 1.39. The maximum Gasteiger partial charge on any atom is 0.226 e. The first-order valence-electron chi connectivity index (χ1n) is 3.23. The zero-order valence-corrected chi connectivity index (χ0v) is 7.04. The highest BCUT2D eigenvalue weighted by atomic mass is 32.1. The Hall–Kier alpha value is -1.29. The second-order valence-corrected chi connectivity index (χ2v) is 2.74. The van der Waals surface area contributed by atoms with Gasteiger partial charge in [0.05, 0.1) is 0 Å². The van der Waals surface area contributed by atoms with Crippen LogP contribution in [0.15, 0.2) is 23.1 Å². The molecule has 0 saturated carbocycles. The van der Waals surface area contributed by atoms with E-state index in [2.05, 4.69) is 12.6 Å². The summed E-state index contributed by atoms with van der Waals surface area (Å²) in [6.45, 7) is 0. The number of hydrogen-bond donors (Lipinski definition) is 2. The van der Waals surface area contributed by atoms with E-state index in [9.17, 15) is 9.59 Å². The van der Waals surface area contributed by atoms with Gasteiger partial charge in [-0.1, -0.05) is 0 Å². The van der Waals surface area contributed by atoms with Crippen LogP contribution in [0.25, 0.3) is 0 Å². The number of anilines is 1. The van der Waals surface area contributed by atoms with E-state index in [-0.39, 0.29) is 11.8 Å². The molecule has 0 saturated heterocycles. The van der Waals surface area contributed by atoms with Crippen LogP contribution >= 0.6 is 12.6 Å². The van der Waals surface area contributed by atoms with Gasteiger partial charge >= 0.3 is 0 Å². The molecule has 0 unspecified atom stereocenters. The number of carbonyl (C=O) groups is 2. The van der Waals surface area contributed by atoms with Crippen LogP contribution < -0.4 is 5.73 Å². The van der Waals surface area contributed by atoms with Crippen LogP contribution in [0.2, 0.25) is 0 Å². The number of ketones is 1. The standard InChI is InChI=1S/C8H7NO2S/c9-5-1-2-6(7(11)4-10)8(12)3-5/h1-4,12H,9H2. The smallest absolute Gasteiger partial charge is 0.226 e. The summed E-state index contributed by atoms with van der Waals surface area (Å²) in [5.74, 6) is -0.583. The molecular formula is C8H7NO2S. The third-order valence-corrected chi connectivity index (χ3v) is 1.76. The fourth-order valence-electron chi connectivity index (χ4n) is 0.821. The maximum absolute atomic E-state index is 10.9. The predicted molar refractivity (Wildman–Crippen MR) is 48.5 cm³/mol. The molecule has 0 aliphatic rings. The Bertz CT molecular complexity index is 336. The van der Waals surface area contributed by atoms with E-state index in [1.165, 1.54) is 12.1 Å². The van der Waals surface area contributed by atoms with E-state index in [0.29, 0.717) is 10.6 Å². The molecule has 0 aliphatic heterocycles. The summed E-state index contributed by atoms with van der Waals surface area (Å²) < 4.78 is 0. The van der Waals surface area contributed by atoms with Crippen LogP contribution in [0.3, 0.4) is 0 Å². The minimum absolute atomic E-state index is 0.255. The monoisotopic (exact) mass is 181 g/mol. The van der Waals surface area contributed by atoms with Gasteiger partial charge in [0.15, 0.2) is 6.29 Å². The number of nitrogens with two attached hydrogens (primary N) is 1. The van der Waals surface area contributed by atoms with Crippen LogP contribution in [-0.2, 0) is 4.79 Å². The Balaban J connectivity index is 3.18. The van der Waals surface area contributed by atoms with Crippen LogP contribution in [0, 0.1) is 0 Å². The van der Waals surface area contributed by atoms with Gasteiger partial charge in [0, 0.05) is 16.1 Å². The van der Waals surface area contributed by atoms with Crippen molar-refractivity contribution in [1.29, 1.82) is 0 Å². The largest absolute Gasteiger partial charge is 0.399 e. The predicted octanol–water partition coefficient (Wildman–Crippen LogP) is 0.939. The molecule has 4 heteroatoms. The number of carbonyl (C=O) groups excluding carboxylic acids is 2. The highest BCUT2D eigenvalue weighted by Crippen LogP contribution is 2.16. The van der Waals surface area contributed by atoms with E-state index >= 15 is 0 Å². The molecule has 0 aliphatic carbocycles. The van der Waals surface area contributed by atoms with Crippen LogP contribution in [0.1, 0.15) is 10.4 Å². The molecule has 0 heterocycles. The average Bonchev–Trinajstić information content (AvgIpc) is 2.03. The summed E-state index contributed by atoms with van der Waals surface area (Å²) >= 11 is 4.00. The Kier molecular flexibility index (Phi) is 2.50. The zero-order valence-electron chi connectivity index (χ0n) is 6.15. The first-order valence-corrected chi connectivity index (χ1v) is 3.68. The van der Waals surface area contributed by atoms with Crippen molar-refractivity contribution in [2.75, 3.05) is 5.73 Å². The number of thiol groups is 1. The minimum Gasteiger partial charge on any atom is -0.399 e. The van der Waals surface area contributed by atoms with Crippen molar-refractivity contribution in [2.45, 2.75) is 4.90 Å². The lowest BCUT2D eigenvalue weighted by molar-refractivity contribution is -0.104. The van der Waals surface area contributed by atoms with Crippen molar-refractivity contribution in [1.82, 2.24) is 0 Å². The average molecular weight is 181 g/mol. The van der Waals surface area contributed by atoms with Gasteiger partial charge in [-0.05, 0) is 18.2 Å². The minimum atomic E-state index is -0.583. The molecule has 0 atom stereocenters. The third kappa shape index (κ3) is 1.65. The Morgan fingerprint density at radius 1 is 1.50 bits per heavy atom. The lowest BCUT2D eigenvalue weighted by Gasteiger charge is -1.99. The molecule has 12 heavy (non-hydrogen) atoms. The van der Waals surface area contributed by atoms with Gasteiger partial charge in [-0.15, -0.1) is 12.6 Å². The highest BCUT2D eigenvalue weighted by molar-refractivity contribution is 7.80. The number of aldehydes is 1. The SMILES string of the molecule is Nc1ccc(C(=O)C=O)c(S)c1. The van der Waals surface area contributed by atoms with Gasteiger partial charge in [-0.3, -0.25) is 9.59 Å². The van der Waals surface area contributed by atoms with E-state index in [1.54, 1.807) is 6.07 Å². The van der Waals surface area contributed by atoms with E-state index in [4.69, 9.17) is 5.73 Å². The molecule has 0 aromatic heterocycles. The van der Waals surface area contributed by atoms with Gasteiger partial charge in [-0.25, -0.2) is 0 Å². The molecular weight excluding hydrogens is 174 g/mol. The summed E-state index contributed by atoms with van der Waals surface area (Å²) in [6, 6.07) is 4.56. The second kappa shape index (κ2) is 3.40. The van der Waals surface area contributed by atoms with Gasteiger partial charge in [0.1, 0.15) is 0 Å². The molecule has 2 N–H and O–H groups in total. The van der Waals surface area contributed by atoms with Crippen molar-refractivity contribution >= 4 is 30.4 Å². The zero-order chi connectivity index (χ0) is 9.14. The quantitative estimate of drug-likeness (QED) is 0.235. The van der Waals surface area contributed by atoms with E-state index < -0.39 is 5.78 Å². The maximum atomic E-state index is 10.9. The topological polar surface area (TPSA) is 60.2 Å². The molecule has 1 aromatic rings. The van der Waals surface area contributed by atoms with Crippen molar-refractivity contribution in [3.63, 3.8) is 0 Å². The summed E-state index contributed by atoms with van der Waals surface area (Å²) in [5, 5.41) is 0. The lowest BCUT2D eigenvalue weighted by atomic mass is 10.1. The fourth-order valence-corrected chi connectivity index (χ4v) is 1.15. The summed E-state index contributed by atoms with van der Waals surface area (Å²) in [5.41, 5.74) is 6.22. The molecule has 1 aromatic carbocycles. The highest BCUT2D eigenvalue weighted by Gasteiger charge is 2.07. The number of Topliss-reactive ketones (excluding diaryl/α,β-unsaturated/α-hetero) is 1. The lowest BCUT2D eigenvalue weighted by Crippen LogP contribution is -2.01. The number of benzene rings is 1. The van der Waals surface area contributed by atoms with Crippen molar-refractivity contribution in [3.05, 3.63) is 23.8 Å². The molecule has 0 spiro atoms. The number of hydrogen-bond acceptors (Lipinski definition) is 4. The molecule has 62 valence electrons. The molecule has 0 amide bonds. The first kappa shape index (κ1) is 8.80. The molecule has 0 radical (unpaired) electrons. The van der Waals surface area contributed by atoms with E-state index in [1.807, 2.05) is 0 Å². The van der Waals surface area contributed by atoms with Gasteiger partial charge in [0.25, 0.3) is 0 Å². The van der Waals surface area contributed by atoms with Crippen LogP contribution in [0.5, 0.6) is 0 Å². The van der Waals surface area contributed by atoms with Gasteiger partial charge < -0.3 is 5.73 Å². The van der Waals surface area contributed by atoms with Crippen molar-refractivity contribution < 1.29 is 9.59 Å². The second-order valence-electron chi connectivity index (χ2n) is 2.26. The fraction of sp³-hybridized carbons (Fsp3) is 0.